The molecule has 2 heterocycles. The topological polar surface area (TPSA) is 49.8 Å². The highest BCUT2D eigenvalue weighted by Crippen LogP contribution is 2.27. The van der Waals surface area contributed by atoms with Crippen LogP contribution in [0, 0.1) is 11.6 Å². The Morgan fingerprint density at radius 3 is 2.38 bits per heavy atom. The van der Waals surface area contributed by atoms with E-state index >= 15 is 0 Å². The lowest BCUT2D eigenvalue weighted by Crippen LogP contribution is -2.00. The number of fused-ring (bicyclic) bond motifs is 1. The summed E-state index contributed by atoms with van der Waals surface area (Å²) in [5, 5.41) is 7.17. The summed E-state index contributed by atoms with van der Waals surface area (Å²) in [4.78, 5) is 9.64. The van der Waals surface area contributed by atoms with Crippen LogP contribution in [0.5, 0.6) is 0 Å². The first-order valence-corrected chi connectivity index (χ1v) is 8.75. The lowest BCUT2D eigenvalue weighted by Gasteiger charge is -2.08. The van der Waals surface area contributed by atoms with E-state index in [9.17, 15) is 8.78 Å². The van der Waals surface area contributed by atoms with E-state index in [1.165, 1.54) is 23.5 Å². The van der Waals surface area contributed by atoms with Gasteiger partial charge in [-0.2, -0.15) is 0 Å². The van der Waals surface area contributed by atoms with Gasteiger partial charge >= 0.3 is 0 Å². The van der Waals surface area contributed by atoms with Gasteiger partial charge in [-0.1, -0.05) is 11.3 Å². The molecule has 0 bridgehead atoms. The molecule has 0 fully saturated rings. The number of pyridine rings is 1. The summed E-state index contributed by atoms with van der Waals surface area (Å²) in [6.45, 7) is 0.338. The molecule has 0 aliphatic rings. The Balaban J connectivity index is 1.41. The van der Waals surface area contributed by atoms with Crippen LogP contribution in [0.2, 0.25) is 0 Å². The van der Waals surface area contributed by atoms with E-state index in [2.05, 4.69) is 20.6 Å². The van der Waals surface area contributed by atoms with Crippen LogP contribution in [-0.4, -0.2) is 9.97 Å². The Labute approximate surface area is 152 Å². The van der Waals surface area contributed by atoms with E-state index in [1.54, 1.807) is 6.20 Å². The van der Waals surface area contributed by atoms with Gasteiger partial charge in [0.05, 0.1) is 0 Å². The van der Waals surface area contributed by atoms with Crippen molar-refractivity contribution in [2.24, 2.45) is 0 Å². The number of nitrogens with one attached hydrogen (secondary N) is 2. The lowest BCUT2D eigenvalue weighted by atomic mass is 10.2. The molecule has 0 spiro atoms. The number of benzene rings is 2. The molecular weight excluding hydrogens is 354 g/mol. The number of nitrogens with zero attached hydrogens (tertiary/aromatic N) is 2. The Morgan fingerprint density at radius 2 is 1.65 bits per heavy atom. The average Bonchev–Trinajstić information content (AvgIpc) is 3.02. The van der Waals surface area contributed by atoms with Gasteiger partial charge in [0.1, 0.15) is 22.0 Å². The molecule has 0 radical (unpaired) electrons. The van der Waals surface area contributed by atoms with E-state index in [0.717, 1.165) is 32.9 Å². The molecule has 4 aromatic rings. The standard InChI is InChI=1S/C19H14F2N4S/c20-13-8-12(9-14(21)10-13)11-23-15-3-5-16(6-4-15)24-19-25-17-2-1-7-22-18(17)26-19/h1-10,23H,11H2,(H,24,25). The number of hydrogen-bond acceptors (Lipinski definition) is 5. The monoisotopic (exact) mass is 368 g/mol. The molecule has 2 aromatic heterocycles. The number of hydrogen-bond donors (Lipinski definition) is 2. The van der Waals surface area contributed by atoms with Crippen molar-refractivity contribution in [1.29, 1.82) is 0 Å². The van der Waals surface area contributed by atoms with Gasteiger partial charge in [-0.05, 0) is 54.1 Å². The Bertz CT molecular complexity index is 994. The van der Waals surface area contributed by atoms with E-state index in [4.69, 9.17) is 0 Å². The van der Waals surface area contributed by atoms with Gasteiger partial charge in [0.2, 0.25) is 0 Å². The molecule has 4 rings (SSSR count). The minimum absolute atomic E-state index is 0.338. The molecule has 0 aliphatic heterocycles. The molecule has 26 heavy (non-hydrogen) atoms. The maximum Gasteiger partial charge on any atom is 0.189 e. The number of halogens is 2. The van der Waals surface area contributed by atoms with Crippen LogP contribution >= 0.6 is 11.3 Å². The molecule has 4 nitrogen and oxygen atoms in total. The van der Waals surface area contributed by atoms with Crippen molar-refractivity contribution >= 4 is 38.2 Å². The first-order valence-electron chi connectivity index (χ1n) is 7.93. The third kappa shape index (κ3) is 3.78. The fourth-order valence-electron chi connectivity index (χ4n) is 2.54. The molecular formula is C19H14F2N4S. The van der Waals surface area contributed by atoms with E-state index in [-0.39, 0.29) is 0 Å². The molecule has 0 saturated carbocycles. The summed E-state index contributed by atoms with van der Waals surface area (Å²) in [6.07, 6.45) is 1.75. The Morgan fingerprint density at radius 1 is 0.923 bits per heavy atom. The first kappa shape index (κ1) is 16.4. The molecule has 7 heteroatoms. The van der Waals surface area contributed by atoms with E-state index in [0.29, 0.717) is 12.1 Å². The summed E-state index contributed by atoms with van der Waals surface area (Å²) in [5.74, 6) is -1.15. The fourth-order valence-corrected chi connectivity index (χ4v) is 3.36. The minimum Gasteiger partial charge on any atom is -0.381 e. The molecule has 0 atom stereocenters. The van der Waals surface area contributed by atoms with Gasteiger partial charge in [-0.15, -0.1) is 0 Å². The third-order valence-electron chi connectivity index (χ3n) is 3.72. The van der Waals surface area contributed by atoms with Gasteiger partial charge in [-0.3, -0.25) is 0 Å². The molecule has 2 N–H and O–H groups in total. The van der Waals surface area contributed by atoms with Gasteiger partial charge in [0.15, 0.2) is 5.13 Å². The zero-order chi connectivity index (χ0) is 17.9. The maximum absolute atomic E-state index is 13.2. The Hall–Kier alpha value is -3.06. The first-order chi connectivity index (χ1) is 12.7. The van der Waals surface area contributed by atoms with Crippen molar-refractivity contribution < 1.29 is 8.78 Å². The van der Waals surface area contributed by atoms with E-state index < -0.39 is 11.6 Å². The molecule has 0 aliphatic carbocycles. The van der Waals surface area contributed by atoms with Crippen LogP contribution < -0.4 is 10.6 Å². The number of thiazole rings is 1. The molecule has 130 valence electrons. The molecule has 0 amide bonds. The summed E-state index contributed by atoms with van der Waals surface area (Å²) < 4.78 is 26.4. The Kier molecular flexibility index (Phi) is 4.45. The maximum atomic E-state index is 13.2. The zero-order valence-electron chi connectivity index (χ0n) is 13.5. The van der Waals surface area contributed by atoms with Gasteiger partial charge in [0.25, 0.3) is 0 Å². The third-order valence-corrected chi connectivity index (χ3v) is 4.62. The second-order valence-electron chi connectivity index (χ2n) is 5.68. The number of anilines is 3. The van der Waals surface area contributed by atoms with Crippen molar-refractivity contribution in [1.82, 2.24) is 9.97 Å². The summed E-state index contributed by atoms with van der Waals surface area (Å²) >= 11 is 1.49. The highest BCUT2D eigenvalue weighted by atomic mass is 32.1. The summed E-state index contributed by atoms with van der Waals surface area (Å²) in [5.41, 5.74) is 3.16. The predicted octanol–water partition coefficient (Wildman–Crippen LogP) is 5.33. The van der Waals surface area contributed by atoms with Crippen LogP contribution in [0.1, 0.15) is 5.56 Å². The quantitative estimate of drug-likeness (QED) is 0.500. The van der Waals surface area contributed by atoms with Crippen molar-refractivity contribution in [2.75, 3.05) is 10.6 Å². The van der Waals surface area contributed by atoms with Gasteiger partial charge < -0.3 is 10.6 Å². The van der Waals surface area contributed by atoms with Crippen LogP contribution in [0.25, 0.3) is 10.3 Å². The summed E-state index contributed by atoms with van der Waals surface area (Å²) in [6, 6.07) is 14.9. The zero-order valence-corrected chi connectivity index (χ0v) is 14.4. The van der Waals surface area contributed by atoms with Gasteiger partial charge in [0, 0.05) is 30.2 Å². The average molecular weight is 368 g/mol. The van der Waals surface area contributed by atoms with Crippen molar-refractivity contribution in [3.63, 3.8) is 0 Å². The number of aromatic nitrogens is 2. The minimum atomic E-state index is -0.577. The summed E-state index contributed by atoms with van der Waals surface area (Å²) in [7, 11) is 0. The van der Waals surface area contributed by atoms with Crippen LogP contribution in [0.15, 0.2) is 60.8 Å². The smallest absolute Gasteiger partial charge is 0.189 e. The highest BCUT2D eigenvalue weighted by molar-refractivity contribution is 7.21. The fraction of sp³-hybridized carbons (Fsp3) is 0.0526. The van der Waals surface area contributed by atoms with Crippen molar-refractivity contribution in [2.45, 2.75) is 6.54 Å². The second kappa shape index (κ2) is 7.05. The van der Waals surface area contributed by atoms with Crippen molar-refractivity contribution in [3.8, 4) is 0 Å². The second-order valence-corrected chi connectivity index (χ2v) is 6.66. The van der Waals surface area contributed by atoms with Crippen LogP contribution in [-0.2, 0) is 6.54 Å². The van der Waals surface area contributed by atoms with Crippen LogP contribution in [0.4, 0.5) is 25.3 Å². The highest BCUT2D eigenvalue weighted by Gasteiger charge is 2.05. The molecule has 0 saturated heterocycles. The number of rotatable bonds is 5. The molecule has 2 aromatic carbocycles. The normalized spacial score (nSPS) is 10.8. The van der Waals surface area contributed by atoms with Gasteiger partial charge in [-0.25, -0.2) is 18.7 Å². The van der Waals surface area contributed by atoms with Crippen molar-refractivity contribution in [3.05, 3.63) is 78.0 Å². The molecule has 0 unspecified atom stereocenters. The SMILES string of the molecule is Fc1cc(F)cc(CNc2ccc(Nc3nc4cccnc4s3)cc2)c1. The lowest BCUT2D eigenvalue weighted by molar-refractivity contribution is 0.580. The van der Waals surface area contributed by atoms with E-state index in [1.807, 2.05) is 36.4 Å². The van der Waals surface area contributed by atoms with Crippen LogP contribution in [0.3, 0.4) is 0 Å². The largest absolute Gasteiger partial charge is 0.381 e. The predicted molar refractivity (Wildman–Crippen MR) is 101 cm³/mol.